The summed E-state index contributed by atoms with van der Waals surface area (Å²) in [6, 6.07) is 8.47. The van der Waals surface area contributed by atoms with E-state index >= 15 is 0 Å². The molecular weight excluding hydrogens is 280 g/mol. The number of benzene rings is 1. The van der Waals surface area contributed by atoms with Crippen molar-refractivity contribution in [2.75, 3.05) is 40.5 Å². The predicted molar refractivity (Wildman–Crippen MR) is 83.8 cm³/mol. The van der Waals surface area contributed by atoms with E-state index < -0.39 is 0 Å². The number of hydrogen-bond acceptors (Lipinski definition) is 4. The molecule has 2 aliphatic rings. The zero-order chi connectivity index (χ0) is 15.5. The SMILES string of the molecule is COc1ccc(CN2CC[C@H]3COCC(=O)N(C)[C@H]3C2)cc1. The molecule has 5 nitrogen and oxygen atoms in total. The fourth-order valence-corrected chi connectivity index (χ4v) is 3.40. The summed E-state index contributed by atoms with van der Waals surface area (Å²) in [5, 5.41) is 0. The number of hydrogen-bond donors (Lipinski definition) is 0. The lowest BCUT2D eigenvalue weighted by atomic mass is 9.91. The summed E-state index contributed by atoms with van der Waals surface area (Å²) >= 11 is 0. The summed E-state index contributed by atoms with van der Waals surface area (Å²) in [4.78, 5) is 16.3. The van der Waals surface area contributed by atoms with Crippen LogP contribution in [0, 0.1) is 5.92 Å². The van der Waals surface area contributed by atoms with E-state index in [1.165, 1.54) is 5.56 Å². The third-order valence-electron chi connectivity index (χ3n) is 4.82. The number of carbonyl (C=O) groups excluding carboxylic acids is 1. The van der Waals surface area contributed by atoms with Crippen molar-refractivity contribution < 1.29 is 14.3 Å². The van der Waals surface area contributed by atoms with E-state index in [0.717, 1.165) is 31.8 Å². The molecule has 0 N–H and O–H groups in total. The normalized spacial score (nSPS) is 26.5. The molecule has 120 valence electrons. The molecule has 2 fully saturated rings. The van der Waals surface area contributed by atoms with Crippen LogP contribution in [0.3, 0.4) is 0 Å². The monoisotopic (exact) mass is 304 g/mol. The Kier molecular flexibility index (Phi) is 4.64. The highest BCUT2D eigenvalue weighted by Crippen LogP contribution is 2.26. The highest BCUT2D eigenvalue weighted by molar-refractivity contribution is 5.77. The molecule has 0 aliphatic carbocycles. The summed E-state index contributed by atoms with van der Waals surface area (Å²) in [6.07, 6.45) is 1.08. The highest BCUT2D eigenvalue weighted by atomic mass is 16.5. The molecule has 1 aromatic carbocycles. The average molecular weight is 304 g/mol. The Hall–Kier alpha value is -1.59. The van der Waals surface area contributed by atoms with Gasteiger partial charge in [-0.15, -0.1) is 0 Å². The van der Waals surface area contributed by atoms with Gasteiger partial charge in [0.05, 0.1) is 13.7 Å². The first kappa shape index (κ1) is 15.3. The van der Waals surface area contributed by atoms with Gasteiger partial charge in [0.2, 0.25) is 5.91 Å². The fourth-order valence-electron chi connectivity index (χ4n) is 3.40. The quantitative estimate of drug-likeness (QED) is 0.846. The number of carbonyl (C=O) groups is 1. The molecular formula is C17H24N2O3. The molecule has 1 aromatic rings. The van der Waals surface area contributed by atoms with Crippen molar-refractivity contribution in [3.05, 3.63) is 29.8 Å². The number of rotatable bonds is 3. The van der Waals surface area contributed by atoms with Gasteiger partial charge in [0.15, 0.2) is 0 Å². The first-order chi connectivity index (χ1) is 10.7. The number of amides is 1. The fraction of sp³-hybridized carbons (Fsp3) is 0.588. The lowest BCUT2D eigenvalue weighted by Gasteiger charge is -2.41. The molecule has 0 spiro atoms. The van der Waals surface area contributed by atoms with Crippen molar-refractivity contribution in [2.24, 2.45) is 5.92 Å². The highest BCUT2D eigenvalue weighted by Gasteiger charge is 2.36. The molecule has 1 amide bonds. The van der Waals surface area contributed by atoms with Crippen molar-refractivity contribution in [1.29, 1.82) is 0 Å². The van der Waals surface area contributed by atoms with Crippen LogP contribution in [0.5, 0.6) is 5.75 Å². The molecule has 0 saturated carbocycles. The van der Waals surface area contributed by atoms with E-state index in [1.807, 2.05) is 24.1 Å². The molecule has 0 unspecified atom stereocenters. The van der Waals surface area contributed by atoms with Gasteiger partial charge in [0.1, 0.15) is 12.4 Å². The van der Waals surface area contributed by atoms with Crippen LogP contribution in [0.2, 0.25) is 0 Å². The molecule has 0 radical (unpaired) electrons. The minimum Gasteiger partial charge on any atom is -0.497 e. The van der Waals surface area contributed by atoms with Crippen molar-refractivity contribution in [1.82, 2.24) is 9.80 Å². The zero-order valence-electron chi connectivity index (χ0n) is 13.3. The van der Waals surface area contributed by atoms with Crippen molar-refractivity contribution in [3.8, 4) is 5.75 Å². The van der Waals surface area contributed by atoms with Crippen LogP contribution >= 0.6 is 0 Å². The maximum Gasteiger partial charge on any atom is 0.248 e. The minimum atomic E-state index is 0.0961. The Labute approximate surface area is 131 Å². The van der Waals surface area contributed by atoms with Crippen LogP contribution in [0.4, 0.5) is 0 Å². The number of piperidine rings is 1. The van der Waals surface area contributed by atoms with Crippen LogP contribution < -0.4 is 4.74 Å². The average Bonchev–Trinajstić information content (AvgIpc) is 2.68. The molecule has 0 aromatic heterocycles. The maximum absolute atomic E-state index is 12.0. The van der Waals surface area contributed by atoms with Crippen LogP contribution in [0.15, 0.2) is 24.3 Å². The first-order valence-corrected chi connectivity index (χ1v) is 7.86. The van der Waals surface area contributed by atoms with Gasteiger partial charge in [-0.25, -0.2) is 0 Å². The van der Waals surface area contributed by atoms with E-state index in [2.05, 4.69) is 17.0 Å². The first-order valence-electron chi connectivity index (χ1n) is 7.86. The maximum atomic E-state index is 12.0. The van der Waals surface area contributed by atoms with Gasteiger partial charge in [-0.1, -0.05) is 12.1 Å². The van der Waals surface area contributed by atoms with E-state index in [-0.39, 0.29) is 18.6 Å². The van der Waals surface area contributed by atoms with E-state index in [1.54, 1.807) is 7.11 Å². The Morgan fingerprint density at radius 1 is 1.32 bits per heavy atom. The van der Waals surface area contributed by atoms with Gasteiger partial charge in [0, 0.05) is 32.1 Å². The van der Waals surface area contributed by atoms with E-state index in [4.69, 9.17) is 9.47 Å². The van der Waals surface area contributed by atoms with Gasteiger partial charge in [-0.05, 0) is 30.7 Å². The summed E-state index contributed by atoms with van der Waals surface area (Å²) in [5.41, 5.74) is 1.28. The van der Waals surface area contributed by atoms with Gasteiger partial charge < -0.3 is 14.4 Å². The van der Waals surface area contributed by atoms with Crippen LogP contribution in [0.1, 0.15) is 12.0 Å². The second-order valence-electron chi connectivity index (χ2n) is 6.22. The lowest BCUT2D eigenvalue weighted by molar-refractivity contribution is -0.134. The molecule has 2 atom stereocenters. The molecule has 3 rings (SSSR count). The third kappa shape index (κ3) is 3.25. The van der Waals surface area contributed by atoms with Crippen molar-refractivity contribution >= 4 is 5.91 Å². The standard InChI is InChI=1S/C17H24N2O3/c1-18-16-10-19(8-7-14(16)11-22-12-17(18)20)9-13-3-5-15(21-2)6-4-13/h3-6,14,16H,7-12H2,1-2H3/t14-,16-/m0/s1. The molecule has 2 saturated heterocycles. The molecule has 5 heteroatoms. The number of likely N-dealkylation sites (N-methyl/N-ethyl adjacent to an activating group) is 1. The van der Waals surface area contributed by atoms with E-state index in [0.29, 0.717) is 12.5 Å². The minimum absolute atomic E-state index is 0.0961. The number of nitrogens with zero attached hydrogens (tertiary/aromatic N) is 2. The van der Waals surface area contributed by atoms with Gasteiger partial charge >= 0.3 is 0 Å². The Morgan fingerprint density at radius 2 is 2.09 bits per heavy atom. The second kappa shape index (κ2) is 6.67. The third-order valence-corrected chi connectivity index (χ3v) is 4.82. The largest absolute Gasteiger partial charge is 0.497 e. The van der Waals surface area contributed by atoms with Crippen LogP contribution in [0.25, 0.3) is 0 Å². The summed E-state index contributed by atoms with van der Waals surface area (Å²) in [6.45, 7) is 3.82. The molecule has 2 heterocycles. The number of fused-ring (bicyclic) bond motifs is 1. The number of ether oxygens (including phenoxy) is 2. The Balaban J connectivity index is 1.65. The summed E-state index contributed by atoms with van der Waals surface area (Å²) in [7, 11) is 3.59. The Bertz CT molecular complexity index is 517. The summed E-state index contributed by atoms with van der Waals surface area (Å²) in [5.74, 6) is 1.44. The smallest absolute Gasteiger partial charge is 0.248 e. The van der Waals surface area contributed by atoms with Crippen LogP contribution in [-0.2, 0) is 16.1 Å². The molecule has 2 aliphatic heterocycles. The summed E-state index contributed by atoms with van der Waals surface area (Å²) < 4.78 is 10.7. The van der Waals surface area contributed by atoms with Gasteiger partial charge in [-0.2, -0.15) is 0 Å². The van der Waals surface area contributed by atoms with Crippen molar-refractivity contribution in [2.45, 2.75) is 19.0 Å². The second-order valence-corrected chi connectivity index (χ2v) is 6.22. The number of likely N-dealkylation sites (tertiary alicyclic amines) is 1. The molecule has 22 heavy (non-hydrogen) atoms. The topological polar surface area (TPSA) is 42.0 Å². The Morgan fingerprint density at radius 3 is 2.82 bits per heavy atom. The van der Waals surface area contributed by atoms with Gasteiger partial charge in [0.25, 0.3) is 0 Å². The van der Waals surface area contributed by atoms with Crippen LogP contribution in [-0.4, -0.2) is 62.2 Å². The predicted octanol–water partition coefficient (Wildman–Crippen LogP) is 1.37. The zero-order valence-corrected chi connectivity index (χ0v) is 13.3. The number of methoxy groups -OCH3 is 1. The lowest BCUT2D eigenvalue weighted by Crippen LogP contribution is -2.52. The van der Waals surface area contributed by atoms with Gasteiger partial charge in [-0.3, -0.25) is 9.69 Å². The van der Waals surface area contributed by atoms with E-state index in [9.17, 15) is 4.79 Å². The molecule has 0 bridgehead atoms. The van der Waals surface area contributed by atoms with Crippen molar-refractivity contribution in [3.63, 3.8) is 0 Å².